The number of aryl methyl sites for hydroxylation is 1. The largest absolute Gasteiger partial charge is 0.465 e. The van der Waals surface area contributed by atoms with E-state index >= 15 is 0 Å². The Morgan fingerprint density at radius 1 is 1.25 bits per heavy atom. The van der Waals surface area contributed by atoms with Crippen LogP contribution in [0, 0.1) is 6.92 Å². The lowest BCUT2D eigenvalue weighted by molar-refractivity contribution is -0.148. The third-order valence-corrected chi connectivity index (χ3v) is 4.51. The van der Waals surface area contributed by atoms with Crippen molar-refractivity contribution in [1.82, 2.24) is 0 Å². The predicted molar refractivity (Wildman–Crippen MR) is 86.9 cm³/mol. The van der Waals surface area contributed by atoms with Crippen LogP contribution in [0.25, 0.3) is 0 Å². The highest BCUT2D eigenvalue weighted by atomic mass is 35.5. The maximum atomic E-state index is 12.5. The second kappa shape index (κ2) is 6.32. The van der Waals surface area contributed by atoms with Crippen molar-refractivity contribution in [3.8, 4) is 0 Å². The molecule has 1 saturated carbocycles. The van der Waals surface area contributed by atoms with Crippen LogP contribution < -0.4 is 0 Å². The molecular formula is C18H17ClO5. The molecule has 1 heterocycles. The summed E-state index contributed by atoms with van der Waals surface area (Å²) in [6, 6.07) is 8.77. The Morgan fingerprint density at radius 2 is 1.92 bits per heavy atom. The Hall–Kier alpha value is -2.27. The molecule has 0 N–H and O–H groups in total. The van der Waals surface area contributed by atoms with E-state index in [0.29, 0.717) is 22.1 Å². The lowest BCUT2D eigenvalue weighted by atomic mass is 9.96. The summed E-state index contributed by atoms with van der Waals surface area (Å²) in [6.07, 6.45) is 1.50. The van der Waals surface area contributed by atoms with Crippen LogP contribution in [0.15, 0.2) is 34.7 Å². The number of benzene rings is 1. The molecule has 1 aromatic heterocycles. The molecular weight excluding hydrogens is 332 g/mol. The van der Waals surface area contributed by atoms with E-state index in [1.165, 1.54) is 13.2 Å². The van der Waals surface area contributed by atoms with E-state index in [4.69, 9.17) is 20.8 Å². The van der Waals surface area contributed by atoms with Gasteiger partial charge in [-0.1, -0.05) is 23.7 Å². The maximum absolute atomic E-state index is 12.5. The van der Waals surface area contributed by atoms with Crippen molar-refractivity contribution in [2.45, 2.75) is 31.8 Å². The molecule has 1 aromatic carbocycles. The first-order chi connectivity index (χ1) is 11.5. The summed E-state index contributed by atoms with van der Waals surface area (Å²) in [7, 11) is 1.30. The van der Waals surface area contributed by atoms with Gasteiger partial charge in [0, 0.05) is 5.02 Å². The van der Waals surface area contributed by atoms with Gasteiger partial charge in [-0.3, -0.25) is 4.79 Å². The number of hydrogen-bond donors (Lipinski definition) is 0. The van der Waals surface area contributed by atoms with Gasteiger partial charge < -0.3 is 13.9 Å². The topological polar surface area (TPSA) is 65.7 Å². The molecule has 1 aliphatic rings. The molecule has 0 aliphatic heterocycles. The molecule has 5 nitrogen and oxygen atoms in total. The first kappa shape index (κ1) is 16.6. The molecule has 0 bridgehead atoms. The fourth-order valence-electron chi connectivity index (χ4n) is 2.71. The number of carbonyl (C=O) groups excluding carboxylic acids is 2. The summed E-state index contributed by atoms with van der Waals surface area (Å²) >= 11 is 5.89. The SMILES string of the molecule is COC(=O)c1cc(COC(=O)C2(c3ccc(Cl)cc3)CC2)oc1C. The van der Waals surface area contributed by atoms with Crippen LogP contribution in [0.5, 0.6) is 0 Å². The van der Waals surface area contributed by atoms with Gasteiger partial charge in [0.05, 0.1) is 12.5 Å². The van der Waals surface area contributed by atoms with Crippen LogP contribution in [0.3, 0.4) is 0 Å². The summed E-state index contributed by atoms with van der Waals surface area (Å²) in [5.74, 6) is 0.0760. The summed E-state index contributed by atoms with van der Waals surface area (Å²) in [5, 5.41) is 0.629. The predicted octanol–water partition coefficient (Wildman–Crippen LogP) is 3.80. The number of esters is 2. The molecule has 24 heavy (non-hydrogen) atoms. The van der Waals surface area contributed by atoms with E-state index in [1.807, 2.05) is 12.1 Å². The van der Waals surface area contributed by atoms with Gasteiger partial charge in [0.25, 0.3) is 0 Å². The highest BCUT2D eigenvalue weighted by Crippen LogP contribution is 2.49. The lowest BCUT2D eigenvalue weighted by Crippen LogP contribution is -2.23. The first-order valence-electron chi connectivity index (χ1n) is 7.57. The highest BCUT2D eigenvalue weighted by Gasteiger charge is 2.52. The van der Waals surface area contributed by atoms with Gasteiger partial charge in [0.15, 0.2) is 0 Å². The molecule has 0 amide bonds. The van der Waals surface area contributed by atoms with Gasteiger partial charge in [-0.05, 0) is 43.5 Å². The molecule has 6 heteroatoms. The van der Waals surface area contributed by atoms with Gasteiger partial charge in [-0.25, -0.2) is 4.79 Å². The third-order valence-electron chi connectivity index (χ3n) is 4.26. The molecule has 0 atom stereocenters. The molecule has 1 aliphatic carbocycles. The van der Waals surface area contributed by atoms with E-state index in [-0.39, 0.29) is 12.6 Å². The molecule has 126 valence electrons. The van der Waals surface area contributed by atoms with E-state index in [0.717, 1.165) is 18.4 Å². The van der Waals surface area contributed by atoms with Crippen molar-refractivity contribution < 1.29 is 23.5 Å². The molecule has 0 saturated heterocycles. The molecule has 3 rings (SSSR count). The third kappa shape index (κ3) is 3.04. The van der Waals surface area contributed by atoms with Crippen LogP contribution in [-0.2, 0) is 26.3 Å². The Bertz CT molecular complexity index is 771. The van der Waals surface area contributed by atoms with Gasteiger partial charge in [-0.2, -0.15) is 0 Å². The summed E-state index contributed by atoms with van der Waals surface area (Å²) in [4.78, 5) is 24.0. The average molecular weight is 349 g/mol. The maximum Gasteiger partial charge on any atom is 0.341 e. The number of hydrogen-bond acceptors (Lipinski definition) is 5. The minimum Gasteiger partial charge on any atom is -0.465 e. The second-order valence-electron chi connectivity index (χ2n) is 5.84. The molecule has 0 unspecified atom stereocenters. The van der Waals surface area contributed by atoms with Crippen molar-refractivity contribution >= 4 is 23.5 Å². The molecule has 0 radical (unpaired) electrons. The first-order valence-corrected chi connectivity index (χ1v) is 7.95. The highest BCUT2D eigenvalue weighted by molar-refractivity contribution is 6.30. The zero-order valence-corrected chi connectivity index (χ0v) is 14.2. The number of rotatable bonds is 5. The number of furan rings is 1. The number of halogens is 1. The molecule has 1 fully saturated rings. The van der Waals surface area contributed by atoms with E-state index in [2.05, 4.69) is 4.74 Å². The van der Waals surface area contributed by atoms with E-state index in [1.54, 1.807) is 19.1 Å². The van der Waals surface area contributed by atoms with Crippen molar-refractivity contribution in [1.29, 1.82) is 0 Å². The van der Waals surface area contributed by atoms with E-state index < -0.39 is 11.4 Å². The monoisotopic (exact) mass is 348 g/mol. The number of methoxy groups -OCH3 is 1. The van der Waals surface area contributed by atoms with Crippen LogP contribution in [0.4, 0.5) is 0 Å². The zero-order valence-electron chi connectivity index (χ0n) is 13.4. The summed E-state index contributed by atoms with van der Waals surface area (Å²) < 4.78 is 15.5. The van der Waals surface area contributed by atoms with Gasteiger partial charge in [-0.15, -0.1) is 0 Å². The van der Waals surface area contributed by atoms with Gasteiger partial charge in [0.1, 0.15) is 23.7 Å². The van der Waals surface area contributed by atoms with Crippen LogP contribution >= 0.6 is 11.6 Å². The lowest BCUT2D eigenvalue weighted by Gasteiger charge is -2.14. The average Bonchev–Trinajstić information content (AvgIpc) is 3.30. The molecule has 2 aromatic rings. The standard InChI is InChI=1S/C18H17ClO5/c1-11-15(16(20)22-2)9-14(24-11)10-23-17(21)18(7-8-18)12-3-5-13(19)6-4-12/h3-6,9H,7-8,10H2,1-2H3. The van der Waals surface area contributed by atoms with Crippen LogP contribution in [0.1, 0.15) is 40.3 Å². The van der Waals surface area contributed by atoms with Crippen molar-refractivity contribution in [2.75, 3.05) is 7.11 Å². The Morgan fingerprint density at radius 3 is 2.50 bits per heavy atom. The Labute approximate surface area is 144 Å². The van der Waals surface area contributed by atoms with Crippen molar-refractivity contribution in [3.05, 3.63) is 58.0 Å². The minimum atomic E-state index is -0.586. The summed E-state index contributed by atoms with van der Waals surface area (Å²) in [6.45, 7) is 1.64. The Kier molecular flexibility index (Phi) is 4.37. The minimum absolute atomic E-state index is 0.0218. The van der Waals surface area contributed by atoms with Crippen LogP contribution in [0.2, 0.25) is 5.02 Å². The molecule has 0 spiro atoms. The zero-order chi connectivity index (χ0) is 17.3. The van der Waals surface area contributed by atoms with Crippen molar-refractivity contribution in [3.63, 3.8) is 0 Å². The van der Waals surface area contributed by atoms with Gasteiger partial charge >= 0.3 is 11.9 Å². The van der Waals surface area contributed by atoms with Crippen molar-refractivity contribution in [2.24, 2.45) is 0 Å². The van der Waals surface area contributed by atoms with E-state index in [9.17, 15) is 9.59 Å². The quantitative estimate of drug-likeness (QED) is 0.769. The summed E-state index contributed by atoms with van der Waals surface area (Å²) in [5.41, 5.74) is 0.655. The normalized spacial score (nSPS) is 15.0. The fourth-order valence-corrected chi connectivity index (χ4v) is 2.83. The number of carbonyl (C=O) groups is 2. The number of ether oxygens (including phenoxy) is 2. The van der Waals surface area contributed by atoms with Gasteiger partial charge in [0.2, 0.25) is 0 Å². The second-order valence-corrected chi connectivity index (χ2v) is 6.28. The fraction of sp³-hybridized carbons (Fsp3) is 0.333. The smallest absolute Gasteiger partial charge is 0.341 e. The van der Waals surface area contributed by atoms with Crippen LogP contribution in [-0.4, -0.2) is 19.0 Å². The Balaban J connectivity index is 1.68.